The third-order valence-electron chi connectivity index (χ3n) is 3.86. The summed E-state index contributed by atoms with van der Waals surface area (Å²) in [6, 6.07) is 4.74. The third kappa shape index (κ3) is 4.89. The van der Waals surface area contributed by atoms with E-state index in [2.05, 4.69) is 31.8 Å². The van der Waals surface area contributed by atoms with Crippen molar-refractivity contribution in [3.05, 3.63) is 51.9 Å². The maximum Gasteiger partial charge on any atom is 0.294 e. The number of hydrogen-bond donors (Lipinski definition) is 2. The minimum Gasteiger partial charge on any atom is -0.508 e. The molecule has 0 radical (unpaired) electrons. The van der Waals surface area contributed by atoms with Crippen LogP contribution in [0.1, 0.15) is 33.6 Å². The predicted octanol–water partition coefficient (Wildman–Crippen LogP) is 4.31. The number of pyridine rings is 1. The number of allylic oxidation sites excluding steroid dienone is 3. The topological polar surface area (TPSA) is 71.5 Å². The van der Waals surface area contributed by atoms with Gasteiger partial charge in [0.25, 0.3) is 5.56 Å². The molecule has 0 saturated heterocycles. The summed E-state index contributed by atoms with van der Waals surface area (Å²) in [5, 5.41) is 10.3. The van der Waals surface area contributed by atoms with Crippen LogP contribution in [0.3, 0.4) is 0 Å². The summed E-state index contributed by atoms with van der Waals surface area (Å²) in [7, 11) is 1.43. The van der Waals surface area contributed by atoms with Crippen LogP contribution in [0.15, 0.2) is 46.3 Å². The second-order valence-corrected chi connectivity index (χ2v) is 6.23. The first-order chi connectivity index (χ1) is 11.9. The van der Waals surface area contributed by atoms with Crippen molar-refractivity contribution >= 4 is 10.9 Å². The van der Waals surface area contributed by atoms with Crippen molar-refractivity contribution in [1.82, 2.24) is 4.98 Å². The highest BCUT2D eigenvalue weighted by Gasteiger charge is 2.14. The Bertz CT molecular complexity index is 858. The number of aromatic nitrogens is 1. The van der Waals surface area contributed by atoms with Gasteiger partial charge in [-0.05, 0) is 51.8 Å². The fraction of sp³-hybridized carbons (Fsp3) is 0.350. The molecule has 1 aromatic carbocycles. The average molecular weight is 343 g/mol. The Balaban J connectivity index is 2.22. The van der Waals surface area contributed by atoms with Gasteiger partial charge in [-0.25, -0.2) is 0 Å². The second-order valence-electron chi connectivity index (χ2n) is 6.23. The van der Waals surface area contributed by atoms with Crippen LogP contribution in [-0.4, -0.2) is 23.8 Å². The lowest BCUT2D eigenvalue weighted by Crippen LogP contribution is -2.12. The third-order valence-corrected chi connectivity index (χ3v) is 3.86. The minimum absolute atomic E-state index is 0.0780. The molecule has 5 nitrogen and oxygen atoms in total. The van der Waals surface area contributed by atoms with Crippen molar-refractivity contribution in [1.29, 1.82) is 0 Å². The van der Waals surface area contributed by atoms with Crippen LogP contribution in [0.25, 0.3) is 10.9 Å². The van der Waals surface area contributed by atoms with E-state index in [1.54, 1.807) is 12.1 Å². The van der Waals surface area contributed by atoms with Crippen LogP contribution in [0, 0.1) is 0 Å². The maximum absolute atomic E-state index is 12.1. The first-order valence-corrected chi connectivity index (χ1v) is 8.27. The van der Waals surface area contributed by atoms with E-state index in [4.69, 9.17) is 9.47 Å². The van der Waals surface area contributed by atoms with E-state index < -0.39 is 0 Å². The first kappa shape index (κ1) is 18.6. The van der Waals surface area contributed by atoms with E-state index in [9.17, 15) is 9.90 Å². The number of benzene rings is 1. The van der Waals surface area contributed by atoms with Gasteiger partial charge in [0.05, 0.1) is 12.6 Å². The number of phenols is 1. The summed E-state index contributed by atoms with van der Waals surface area (Å²) in [6.07, 6.45) is 6.18. The SMILES string of the molecule is COc1c(OC/C=C(\C)CCC=C(C)C)c2ccc(O)cc2[nH]c1=O. The number of rotatable bonds is 7. The van der Waals surface area contributed by atoms with Gasteiger partial charge in [-0.2, -0.15) is 0 Å². The van der Waals surface area contributed by atoms with Gasteiger partial charge in [-0.3, -0.25) is 4.79 Å². The lowest BCUT2D eigenvalue weighted by atomic mass is 10.1. The number of phenolic OH excluding ortho intramolecular Hbond substituents is 1. The highest BCUT2D eigenvalue weighted by molar-refractivity contribution is 5.88. The number of hydrogen-bond acceptors (Lipinski definition) is 4. The molecule has 0 amide bonds. The Labute approximate surface area is 147 Å². The Morgan fingerprint density at radius 3 is 2.64 bits per heavy atom. The van der Waals surface area contributed by atoms with Gasteiger partial charge in [-0.1, -0.05) is 17.2 Å². The summed E-state index contributed by atoms with van der Waals surface area (Å²) >= 11 is 0. The number of aromatic hydroxyl groups is 1. The Morgan fingerprint density at radius 2 is 1.96 bits per heavy atom. The smallest absolute Gasteiger partial charge is 0.294 e. The lowest BCUT2D eigenvalue weighted by molar-refractivity contribution is 0.326. The van der Waals surface area contributed by atoms with E-state index in [0.29, 0.717) is 23.3 Å². The summed E-state index contributed by atoms with van der Waals surface area (Å²) in [5.74, 6) is 0.595. The fourth-order valence-electron chi connectivity index (χ4n) is 2.52. The van der Waals surface area contributed by atoms with E-state index in [1.165, 1.54) is 24.3 Å². The van der Waals surface area contributed by atoms with E-state index in [1.807, 2.05) is 6.08 Å². The first-order valence-electron chi connectivity index (χ1n) is 8.27. The van der Waals surface area contributed by atoms with Crippen molar-refractivity contribution in [2.45, 2.75) is 33.6 Å². The largest absolute Gasteiger partial charge is 0.508 e. The quantitative estimate of drug-likeness (QED) is 0.735. The Kier molecular flexibility index (Phi) is 6.28. The molecule has 2 aromatic rings. The van der Waals surface area contributed by atoms with Gasteiger partial charge >= 0.3 is 0 Å². The number of fused-ring (bicyclic) bond motifs is 1. The molecule has 0 aliphatic rings. The molecule has 0 unspecified atom stereocenters. The van der Waals surface area contributed by atoms with Gasteiger partial charge < -0.3 is 19.6 Å². The van der Waals surface area contributed by atoms with Crippen molar-refractivity contribution in [3.63, 3.8) is 0 Å². The standard InChI is InChI=1S/C20H25NO4/c1-13(2)6-5-7-14(3)10-11-25-18-16-9-8-15(22)12-17(16)21-20(23)19(18)24-4/h6,8-10,12,22H,5,7,11H2,1-4H3,(H,21,23)/b14-10+. The van der Waals surface area contributed by atoms with Crippen molar-refractivity contribution in [3.8, 4) is 17.2 Å². The molecule has 0 bridgehead atoms. The highest BCUT2D eigenvalue weighted by atomic mass is 16.5. The van der Waals surface area contributed by atoms with Gasteiger partial charge in [0, 0.05) is 11.5 Å². The molecule has 5 heteroatoms. The number of aromatic amines is 1. The normalized spacial score (nSPS) is 11.4. The summed E-state index contributed by atoms with van der Waals surface area (Å²) in [6.45, 7) is 6.58. The number of methoxy groups -OCH3 is 1. The zero-order valence-corrected chi connectivity index (χ0v) is 15.2. The van der Waals surface area contributed by atoms with Crippen LogP contribution >= 0.6 is 0 Å². The molecule has 0 spiro atoms. The number of ether oxygens (including phenoxy) is 2. The molecular formula is C20H25NO4. The van der Waals surface area contributed by atoms with Gasteiger partial charge in [-0.15, -0.1) is 0 Å². The fourth-order valence-corrected chi connectivity index (χ4v) is 2.52. The zero-order valence-electron chi connectivity index (χ0n) is 15.2. The molecule has 0 atom stereocenters. The Hall–Kier alpha value is -2.69. The number of H-pyrrole nitrogens is 1. The summed E-state index contributed by atoms with van der Waals surface area (Å²) in [4.78, 5) is 14.8. The molecule has 2 N–H and O–H groups in total. The van der Waals surface area contributed by atoms with Crippen molar-refractivity contribution in [2.75, 3.05) is 13.7 Å². The van der Waals surface area contributed by atoms with Gasteiger partial charge in [0.15, 0.2) is 5.75 Å². The lowest BCUT2D eigenvalue weighted by Gasteiger charge is -2.12. The molecule has 0 aliphatic carbocycles. The molecule has 0 saturated carbocycles. The highest BCUT2D eigenvalue weighted by Crippen LogP contribution is 2.32. The zero-order chi connectivity index (χ0) is 18.4. The summed E-state index contributed by atoms with van der Waals surface area (Å²) < 4.78 is 11.0. The molecule has 0 aliphatic heterocycles. The molecule has 1 heterocycles. The maximum atomic E-state index is 12.1. The summed E-state index contributed by atoms with van der Waals surface area (Å²) in [5.41, 5.74) is 2.65. The van der Waals surface area contributed by atoms with E-state index in [-0.39, 0.29) is 17.1 Å². The monoisotopic (exact) mass is 343 g/mol. The number of nitrogens with one attached hydrogen (secondary N) is 1. The predicted molar refractivity (Wildman–Crippen MR) is 101 cm³/mol. The van der Waals surface area contributed by atoms with Crippen LogP contribution in [0.2, 0.25) is 0 Å². The second kappa shape index (κ2) is 8.42. The van der Waals surface area contributed by atoms with Crippen molar-refractivity contribution in [2.24, 2.45) is 0 Å². The average Bonchev–Trinajstić information content (AvgIpc) is 2.54. The van der Waals surface area contributed by atoms with Crippen LogP contribution < -0.4 is 15.0 Å². The van der Waals surface area contributed by atoms with Crippen molar-refractivity contribution < 1.29 is 14.6 Å². The Morgan fingerprint density at radius 1 is 1.20 bits per heavy atom. The molecule has 1 aromatic heterocycles. The van der Waals surface area contributed by atoms with Gasteiger partial charge in [0.2, 0.25) is 5.75 Å². The molecule has 134 valence electrons. The van der Waals surface area contributed by atoms with Crippen LogP contribution in [0.5, 0.6) is 17.2 Å². The minimum atomic E-state index is -0.389. The van der Waals surface area contributed by atoms with E-state index in [0.717, 1.165) is 12.8 Å². The molecular weight excluding hydrogens is 318 g/mol. The molecule has 2 rings (SSSR count). The molecule has 0 fully saturated rings. The van der Waals surface area contributed by atoms with E-state index >= 15 is 0 Å². The van der Waals surface area contributed by atoms with Crippen LogP contribution in [-0.2, 0) is 0 Å². The van der Waals surface area contributed by atoms with Crippen LogP contribution in [0.4, 0.5) is 0 Å². The molecule has 25 heavy (non-hydrogen) atoms. The van der Waals surface area contributed by atoms with Gasteiger partial charge in [0.1, 0.15) is 12.4 Å².